The van der Waals surface area contributed by atoms with Gasteiger partial charge in [-0.1, -0.05) is 11.6 Å². The molecule has 0 aliphatic rings. The summed E-state index contributed by atoms with van der Waals surface area (Å²) in [5, 5.41) is 12.1. The lowest BCUT2D eigenvalue weighted by atomic mass is 10.1. The second-order valence-corrected chi connectivity index (χ2v) is 5.76. The number of carboxylic acid groups (broad SMARTS) is 1. The van der Waals surface area contributed by atoms with Crippen LogP contribution in [0.4, 0.5) is 11.4 Å². The normalized spacial score (nSPS) is 10.2. The summed E-state index contributed by atoms with van der Waals surface area (Å²) < 4.78 is 0.824. The number of benzene rings is 2. The minimum atomic E-state index is -1.17. The van der Waals surface area contributed by atoms with Crippen molar-refractivity contribution in [1.29, 1.82) is 0 Å². The summed E-state index contributed by atoms with van der Waals surface area (Å²) in [7, 11) is 0. The van der Waals surface area contributed by atoms with E-state index in [1.54, 1.807) is 12.1 Å². The third kappa shape index (κ3) is 3.64. The Labute approximate surface area is 139 Å². The van der Waals surface area contributed by atoms with E-state index in [9.17, 15) is 9.59 Å². The monoisotopic (exact) mass is 416 g/mol. The minimum Gasteiger partial charge on any atom is -0.478 e. The molecule has 2 rings (SSSR count). The molecule has 0 saturated heterocycles. The van der Waals surface area contributed by atoms with Gasteiger partial charge in [0.25, 0.3) is 5.91 Å². The van der Waals surface area contributed by atoms with Crippen molar-refractivity contribution in [2.45, 2.75) is 0 Å². The van der Waals surface area contributed by atoms with Gasteiger partial charge < -0.3 is 16.2 Å². The first-order chi connectivity index (χ1) is 9.88. The molecule has 2 aromatic rings. The van der Waals surface area contributed by atoms with Crippen LogP contribution >= 0.6 is 34.2 Å². The van der Waals surface area contributed by atoms with Crippen LogP contribution in [0, 0.1) is 3.57 Å². The van der Waals surface area contributed by atoms with E-state index in [0.29, 0.717) is 16.3 Å². The van der Waals surface area contributed by atoms with E-state index in [2.05, 4.69) is 27.9 Å². The predicted molar refractivity (Wildman–Crippen MR) is 89.9 cm³/mol. The maximum absolute atomic E-state index is 12.1. The molecule has 7 heteroatoms. The molecule has 0 heterocycles. The highest BCUT2D eigenvalue weighted by Gasteiger charge is 2.14. The average Bonchev–Trinajstić information content (AvgIpc) is 2.43. The smallest absolute Gasteiger partial charge is 0.337 e. The third-order valence-electron chi connectivity index (χ3n) is 2.70. The van der Waals surface area contributed by atoms with Gasteiger partial charge in [0.2, 0.25) is 0 Å². The lowest BCUT2D eigenvalue weighted by molar-refractivity contribution is 0.0698. The molecule has 0 radical (unpaired) electrons. The minimum absolute atomic E-state index is 0.0695. The molecule has 0 aliphatic carbocycles. The second-order valence-electron chi connectivity index (χ2n) is 4.19. The molecule has 5 nitrogen and oxygen atoms in total. The maximum atomic E-state index is 12.1. The number of carbonyl (C=O) groups is 2. The number of hydrogen-bond acceptors (Lipinski definition) is 3. The molecule has 0 aromatic heterocycles. The van der Waals surface area contributed by atoms with E-state index in [1.807, 2.05) is 0 Å². The highest BCUT2D eigenvalue weighted by molar-refractivity contribution is 14.1. The van der Waals surface area contributed by atoms with Crippen molar-refractivity contribution in [2.24, 2.45) is 0 Å². The molecular formula is C14H10ClIN2O3. The number of amides is 1. The van der Waals surface area contributed by atoms with Crippen molar-refractivity contribution in [2.75, 3.05) is 11.1 Å². The Morgan fingerprint density at radius 2 is 1.90 bits per heavy atom. The van der Waals surface area contributed by atoms with Crippen LogP contribution in [0.1, 0.15) is 20.7 Å². The zero-order valence-corrected chi connectivity index (χ0v) is 13.5. The summed E-state index contributed by atoms with van der Waals surface area (Å²) in [5.41, 5.74) is 6.31. The first kappa shape index (κ1) is 15.6. The Hall–Kier alpha value is -1.80. The summed E-state index contributed by atoms with van der Waals surface area (Å²) in [5.74, 6) is -1.61. The van der Waals surface area contributed by atoms with Crippen LogP contribution in [-0.2, 0) is 0 Å². The zero-order valence-electron chi connectivity index (χ0n) is 10.6. The summed E-state index contributed by atoms with van der Waals surface area (Å²) in [4.78, 5) is 23.3. The summed E-state index contributed by atoms with van der Waals surface area (Å²) in [6.45, 7) is 0. The van der Waals surface area contributed by atoms with Crippen LogP contribution in [0.15, 0.2) is 36.4 Å². The van der Waals surface area contributed by atoms with Gasteiger partial charge in [0.1, 0.15) is 0 Å². The first-order valence-corrected chi connectivity index (χ1v) is 7.23. The second kappa shape index (κ2) is 6.31. The fourth-order valence-corrected chi connectivity index (χ4v) is 2.20. The van der Waals surface area contributed by atoms with Crippen LogP contribution in [0.3, 0.4) is 0 Å². The number of hydrogen-bond donors (Lipinski definition) is 3. The summed E-state index contributed by atoms with van der Waals surface area (Å²) in [6, 6.07) is 9.10. The molecule has 4 N–H and O–H groups in total. The first-order valence-electron chi connectivity index (χ1n) is 5.77. The van der Waals surface area contributed by atoms with Gasteiger partial charge in [-0.2, -0.15) is 0 Å². The van der Waals surface area contributed by atoms with Crippen LogP contribution in [0.2, 0.25) is 5.02 Å². The van der Waals surface area contributed by atoms with Gasteiger partial charge in [-0.25, -0.2) is 4.79 Å². The standard InChI is InChI=1S/C14H10ClIN2O3/c15-10-5-7(1-3-11(10)16)13(19)18-12-4-2-8(17)6-9(12)14(20)21/h1-6H,17H2,(H,18,19)(H,20,21). The molecule has 2 aromatic carbocycles. The van der Waals surface area contributed by atoms with E-state index in [-0.39, 0.29) is 11.3 Å². The van der Waals surface area contributed by atoms with Crippen molar-refractivity contribution in [1.82, 2.24) is 0 Å². The third-order valence-corrected chi connectivity index (χ3v) is 4.28. The average molecular weight is 417 g/mol. The van der Waals surface area contributed by atoms with Crippen LogP contribution in [0.25, 0.3) is 0 Å². The van der Waals surface area contributed by atoms with E-state index in [0.717, 1.165) is 3.57 Å². The number of carboxylic acids is 1. The lowest BCUT2D eigenvalue weighted by Crippen LogP contribution is -2.15. The maximum Gasteiger partial charge on any atom is 0.337 e. The van der Waals surface area contributed by atoms with Crippen molar-refractivity contribution < 1.29 is 14.7 Å². The van der Waals surface area contributed by atoms with E-state index in [4.69, 9.17) is 22.4 Å². The number of halogens is 2. The molecule has 0 unspecified atom stereocenters. The molecule has 0 atom stereocenters. The highest BCUT2D eigenvalue weighted by Crippen LogP contribution is 2.22. The summed E-state index contributed by atoms with van der Waals surface area (Å²) >= 11 is 8.02. The Morgan fingerprint density at radius 3 is 2.52 bits per heavy atom. The molecule has 0 bridgehead atoms. The molecule has 0 fully saturated rings. The Balaban J connectivity index is 2.31. The molecule has 21 heavy (non-hydrogen) atoms. The number of aromatic carboxylic acids is 1. The van der Waals surface area contributed by atoms with Crippen LogP contribution < -0.4 is 11.1 Å². The molecule has 0 spiro atoms. The van der Waals surface area contributed by atoms with Gasteiger partial charge in [0, 0.05) is 14.8 Å². The quantitative estimate of drug-likeness (QED) is 0.528. The highest BCUT2D eigenvalue weighted by atomic mass is 127. The summed E-state index contributed by atoms with van der Waals surface area (Å²) in [6.07, 6.45) is 0. The van der Waals surface area contributed by atoms with Gasteiger partial charge in [-0.3, -0.25) is 4.79 Å². The van der Waals surface area contributed by atoms with E-state index in [1.165, 1.54) is 24.3 Å². The van der Waals surface area contributed by atoms with Gasteiger partial charge in [0.05, 0.1) is 16.3 Å². The SMILES string of the molecule is Nc1ccc(NC(=O)c2ccc(I)c(Cl)c2)c(C(=O)O)c1. The topological polar surface area (TPSA) is 92.4 Å². The van der Waals surface area contributed by atoms with Gasteiger partial charge in [-0.05, 0) is 59.0 Å². The molecule has 0 saturated carbocycles. The van der Waals surface area contributed by atoms with Crippen molar-refractivity contribution in [3.05, 3.63) is 56.1 Å². The number of carbonyl (C=O) groups excluding carboxylic acids is 1. The fourth-order valence-electron chi connectivity index (χ4n) is 1.68. The Kier molecular flexibility index (Phi) is 4.69. The number of nitrogen functional groups attached to an aromatic ring is 1. The Morgan fingerprint density at radius 1 is 1.19 bits per heavy atom. The fraction of sp³-hybridized carbons (Fsp3) is 0. The van der Waals surface area contributed by atoms with Gasteiger partial charge in [0.15, 0.2) is 0 Å². The van der Waals surface area contributed by atoms with E-state index >= 15 is 0 Å². The number of nitrogens with two attached hydrogens (primary N) is 1. The Bertz CT molecular complexity index is 734. The number of nitrogens with one attached hydrogen (secondary N) is 1. The van der Waals surface area contributed by atoms with Crippen molar-refractivity contribution >= 4 is 57.4 Å². The molecular weight excluding hydrogens is 407 g/mol. The van der Waals surface area contributed by atoms with Crippen molar-refractivity contribution in [3.8, 4) is 0 Å². The lowest BCUT2D eigenvalue weighted by Gasteiger charge is -2.09. The zero-order chi connectivity index (χ0) is 15.6. The number of rotatable bonds is 3. The number of anilines is 2. The molecule has 1 amide bonds. The molecule has 0 aliphatic heterocycles. The van der Waals surface area contributed by atoms with E-state index < -0.39 is 11.9 Å². The molecule has 108 valence electrons. The van der Waals surface area contributed by atoms with Gasteiger partial charge >= 0.3 is 5.97 Å². The van der Waals surface area contributed by atoms with Crippen LogP contribution in [0.5, 0.6) is 0 Å². The van der Waals surface area contributed by atoms with Crippen molar-refractivity contribution in [3.63, 3.8) is 0 Å². The van der Waals surface area contributed by atoms with Crippen LogP contribution in [-0.4, -0.2) is 17.0 Å². The largest absolute Gasteiger partial charge is 0.478 e. The predicted octanol–water partition coefficient (Wildman–Crippen LogP) is 3.48. The van der Waals surface area contributed by atoms with Gasteiger partial charge in [-0.15, -0.1) is 0 Å².